The number of rotatable bonds is 2. The minimum atomic E-state index is 0.00224. The SMILES string of the molecule is Cc1cccn(Cc2cccnc2Cl)c1=O. The van der Waals surface area contributed by atoms with Crippen LogP contribution in [-0.4, -0.2) is 9.55 Å². The van der Waals surface area contributed by atoms with Crippen LogP contribution in [0.15, 0.2) is 41.5 Å². The third-order valence-electron chi connectivity index (χ3n) is 2.39. The Balaban J connectivity index is 2.39. The Bertz CT molecular complexity index is 563. The lowest BCUT2D eigenvalue weighted by atomic mass is 10.2. The monoisotopic (exact) mass is 234 g/mol. The van der Waals surface area contributed by atoms with E-state index < -0.39 is 0 Å². The van der Waals surface area contributed by atoms with E-state index in [4.69, 9.17) is 11.6 Å². The van der Waals surface area contributed by atoms with Crippen molar-refractivity contribution < 1.29 is 0 Å². The topological polar surface area (TPSA) is 34.9 Å². The van der Waals surface area contributed by atoms with E-state index in [1.165, 1.54) is 0 Å². The first-order valence-corrected chi connectivity index (χ1v) is 5.32. The van der Waals surface area contributed by atoms with E-state index in [2.05, 4.69) is 4.98 Å². The third kappa shape index (κ3) is 2.14. The Kier molecular flexibility index (Phi) is 3.06. The molecule has 2 aromatic heterocycles. The molecule has 2 heterocycles. The average molecular weight is 235 g/mol. The highest BCUT2D eigenvalue weighted by molar-refractivity contribution is 6.30. The summed E-state index contributed by atoms with van der Waals surface area (Å²) in [5, 5.41) is 0.441. The van der Waals surface area contributed by atoms with E-state index in [-0.39, 0.29) is 5.56 Å². The second-order valence-electron chi connectivity index (χ2n) is 3.58. The van der Waals surface area contributed by atoms with Gasteiger partial charge in [0, 0.05) is 23.5 Å². The summed E-state index contributed by atoms with van der Waals surface area (Å²) < 4.78 is 1.62. The average Bonchev–Trinajstić information content (AvgIpc) is 2.28. The van der Waals surface area contributed by atoms with E-state index in [9.17, 15) is 4.79 Å². The van der Waals surface area contributed by atoms with Crippen molar-refractivity contribution in [1.29, 1.82) is 0 Å². The lowest BCUT2D eigenvalue weighted by Gasteiger charge is -2.07. The summed E-state index contributed by atoms with van der Waals surface area (Å²) in [4.78, 5) is 15.8. The van der Waals surface area contributed by atoms with Gasteiger partial charge in [0.15, 0.2) is 0 Å². The molecule has 2 rings (SSSR count). The highest BCUT2D eigenvalue weighted by Gasteiger charge is 2.03. The van der Waals surface area contributed by atoms with Gasteiger partial charge in [0.05, 0.1) is 6.54 Å². The molecule has 3 nitrogen and oxygen atoms in total. The Morgan fingerprint density at radius 2 is 2.19 bits per heavy atom. The molecule has 2 aromatic rings. The van der Waals surface area contributed by atoms with Gasteiger partial charge in [0.25, 0.3) is 5.56 Å². The van der Waals surface area contributed by atoms with Crippen LogP contribution in [0.3, 0.4) is 0 Å². The van der Waals surface area contributed by atoms with Crippen molar-refractivity contribution in [3.63, 3.8) is 0 Å². The zero-order chi connectivity index (χ0) is 11.5. The Labute approximate surface area is 98.3 Å². The molecule has 16 heavy (non-hydrogen) atoms. The summed E-state index contributed by atoms with van der Waals surface area (Å²) in [7, 11) is 0. The van der Waals surface area contributed by atoms with Crippen molar-refractivity contribution in [3.05, 3.63) is 63.3 Å². The van der Waals surface area contributed by atoms with E-state index in [0.717, 1.165) is 11.1 Å². The fourth-order valence-corrected chi connectivity index (χ4v) is 1.68. The van der Waals surface area contributed by atoms with Crippen LogP contribution in [0, 0.1) is 6.92 Å². The predicted molar refractivity (Wildman–Crippen MR) is 63.8 cm³/mol. The number of aromatic nitrogens is 2. The highest BCUT2D eigenvalue weighted by Crippen LogP contribution is 2.12. The molecule has 0 aliphatic heterocycles. The fourth-order valence-electron chi connectivity index (χ4n) is 1.50. The normalized spacial score (nSPS) is 10.4. The maximum Gasteiger partial charge on any atom is 0.253 e. The van der Waals surface area contributed by atoms with E-state index in [1.807, 2.05) is 18.2 Å². The van der Waals surface area contributed by atoms with Crippen molar-refractivity contribution >= 4 is 11.6 Å². The summed E-state index contributed by atoms with van der Waals surface area (Å²) >= 11 is 5.94. The maximum absolute atomic E-state index is 11.8. The summed E-state index contributed by atoms with van der Waals surface area (Å²) in [5.41, 5.74) is 1.57. The molecule has 0 saturated heterocycles. The van der Waals surface area contributed by atoms with Crippen molar-refractivity contribution in [2.24, 2.45) is 0 Å². The van der Waals surface area contributed by atoms with Crippen LogP contribution < -0.4 is 5.56 Å². The van der Waals surface area contributed by atoms with E-state index >= 15 is 0 Å². The van der Waals surface area contributed by atoms with Crippen LogP contribution in [0.5, 0.6) is 0 Å². The van der Waals surface area contributed by atoms with Crippen LogP contribution >= 0.6 is 11.6 Å². The van der Waals surface area contributed by atoms with Gasteiger partial charge in [0.1, 0.15) is 5.15 Å². The van der Waals surface area contributed by atoms with Crippen LogP contribution in [0.4, 0.5) is 0 Å². The zero-order valence-electron chi connectivity index (χ0n) is 8.85. The quantitative estimate of drug-likeness (QED) is 0.747. The molecule has 0 amide bonds. The first kappa shape index (κ1) is 10.9. The molecule has 0 radical (unpaired) electrons. The third-order valence-corrected chi connectivity index (χ3v) is 2.73. The van der Waals surface area contributed by atoms with Gasteiger partial charge in [-0.25, -0.2) is 4.98 Å². The molecule has 0 aliphatic rings. The molecule has 0 fully saturated rings. The summed E-state index contributed by atoms with van der Waals surface area (Å²) in [6, 6.07) is 7.32. The van der Waals surface area contributed by atoms with Gasteiger partial charge in [-0.05, 0) is 19.1 Å². The lowest BCUT2D eigenvalue weighted by molar-refractivity contribution is 0.750. The first-order valence-electron chi connectivity index (χ1n) is 4.94. The second-order valence-corrected chi connectivity index (χ2v) is 3.94. The predicted octanol–water partition coefficient (Wildman–Crippen LogP) is 2.25. The second kappa shape index (κ2) is 4.49. The van der Waals surface area contributed by atoms with Crippen LogP contribution in [0.25, 0.3) is 0 Å². The lowest BCUT2D eigenvalue weighted by Crippen LogP contribution is -2.21. The zero-order valence-corrected chi connectivity index (χ0v) is 9.61. The molecule has 0 saturated carbocycles. The van der Waals surface area contributed by atoms with Crippen LogP contribution in [0.1, 0.15) is 11.1 Å². The molecule has 4 heteroatoms. The standard InChI is InChI=1S/C12H11ClN2O/c1-9-4-3-7-15(12(9)16)8-10-5-2-6-14-11(10)13/h2-7H,8H2,1H3. The molecule has 82 valence electrons. The van der Waals surface area contributed by atoms with E-state index in [1.54, 1.807) is 30.0 Å². The van der Waals surface area contributed by atoms with Crippen molar-refractivity contribution in [2.75, 3.05) is 0 Å². The molecule has 0 atom stereocenters. The molecule has 0 bridgehead atoms. The summed E-state index contributed by atoms with van der Waals surface area (Å²) in [6.45, 7) is 2.25. The molecule has 0 spiro atoms. The number of aryl methyl sites for hydroxylation is 1. The Hall–Kier alpha value is -1.61. The van der Waals surface area contributed by atoms with Crippen LogP contribution in [0.2, 0.25) is 5.15 Å². The highest BCUT2D eigenvalue weighted by atomic mass is 35.5. The van der Waals surface area contributed by atoms with Gasteiger partial charge >= 0.3 is 0 Å². The van der Waals surface area contributed by atoms with Gasteiger partial charge in [-0.15, -0.1) is 0 Å². The molecular formula is C12H11ClN2O. The van der Waals surface area contributed by atoms with Gasteiger partial charge in [-0.1, -0.05) is 23.7 Å². The van der Waals surface area contributed by atoms with Gasteiger partial charge < -0.3 is 4.57 Å². The largest absolute Gasteiger partial charge is 0.311 e. The van der Waals surface area contributed by atoms with Gasteiger partial charge in [0.2, 0.25) is 0 Å². The fraction of sp³-hybridized carbons (Fsp3) is 0.167. The summed E-state index contributed by atoms with van der Waals surface area (Å²) in [6.07, 6.45) is 3.38. The molecular weight excluding hydrogens is 224 g/mol. The maximum atomic E-state index is 11.8. The number of pyridine rings is 2. The van der Waals surface area contributed by atoms with Gasteiger partial charge in [-0.3, -0.25) is 4.79 Å². The van der Waals surface area contributed by atoms with Crippen molar-refractivity contribution in [2.45, 2.75) is 13.5 Å². The number of hydrogen-bond acceptors (Lipinski definition) is 2. The smallest absolute Gasteiger partial charge is 0.253 e. The Morgan fingerprint density at radius 3 is 2.94 bits per heavy atom. The van der Waals surface area contributed by atoms with Crippen molar-refractivity contribution in [1.82, 2.24) is 9.55 Å². The molecule has 0 unspecified atom stereocenters. The number of hydrogen-bond donors (Lipinski definition) is 0. The Morgan fingerprint density at radius 1 is 1.38 bits per heavy atom. The minimum absolute atomic E-state index is 0.00224. The van der Waals surface area contributed by atoms with E-state index in [0.29, 0.717) is 11.7 Å². The van der Waals surface area contributed by atoms with Gasteiger partial charge in [-0.2, -0.15) is 0 Å². The first-order chi connectivity index (χ1) is 7.68. The minimum Gasteiger partial charge on any atom is -0.311 e. The summed E-state index contributed by atoms with van der Waals surface area (Å²) in [5.74, 6) is 0. The van der Waals surface area contributed by atoms with Crippen molar-refractivity contribution in [3.8, 4) is 0 Å². The number of nitrogens with zero attached hydrogens (tertiary/aromatic N) is 2. The molecule has 0 aliphatic carbocycles. The molecule has 0 aromatic carbocycles. The molecule has 0 N–H and O–H groups in total. The van der Waals surface area contributed by atoms with Crippen LogP contribution in [-0.2, 0) is 6.54 Å². The number of halogens is 1.